The van der Waals surface area contributed by atoms with Crippen molar-refractivity contribution in [2.45, 2.75) is 12.5 Å². The summed E-state index contributed by atoms with van der Waals surface area (Å²) in [6.07, 6.45) is -0.509. The molecule has 0 fully saturated rings. The Labute approximate surface area is 159 Å². The zero-order valence-corrected chi connectivity index (χ0v) is 15.3. The minimum Gasteiger partial charge on any atom is -0.497 e. The van der Waals surface area contributed by atoms with Gasteiger partial charge in [0.05, 0.1) is 18.4 Å². The first kappa shape index (κ1) is 17.2. The molecule has 0 saturated carbocycles. The Morgan fingerprint density at radius 3 is 2.78 bits per heavy atom. The van der Waals surface area contributed by atoms with E-state index in [-0.39, 0.29) is 5.91 Å². The highest BCUT2D eigenvalue weighted by Crippen LogP contribution is 2.27. The normalized spacial score (nSPS) is 15.6. The average molecular weight is 380 g/mol. The van der Waals surface area contributed by atoms with Crippen LogP contribution in [0.4, 0.5) is 5.13 Å². The summed E-state index contributed by atoms with van der Waals surface area (Å²) in [6.45, 7) is 0. The van der Waals surface area contributed by atoms with Crippen LogP contribution in [0.1, 0.15) is 15.9 Å². The van der Waals surface area contributed by atoms with Crippen LogP contribution in [-0.4, -0.2) is 30.1 Å². The molecule has 27 heavy (non-hydrogen) atoms. The molecule has 1 aliphatic heterocycles. The first-order valence-electron chi connectivity index (χ1n) is 8.34. The molecule has 7 heteroatoms. The molecule has 1 unspecified atom stereocenters. The number of rotatable bonds is 4. The number of benzene rings is 2. The van der Waals surface area contributed by atoms with Crippen molar-refractivity contribution in [3.8, 4) is 17.0 Å². The van der Waals surface area contributed by atoms with E-state index in [1.54, 1.807) is 19.2 Å². The number of carbonyl (C=O) groups excluding carboxylic acids is 2. The molecule has 0 saturated heterocycles. The summed E-state index contributed by atoms with van der Waals surface area (Å²) >= 11 is 1.32. The summed E-state index contributed by atoms with van der Waals surface area (Å²) in [5.41, 5.74) is 3.00. The number of cyclic esters (lactones) is 1. The van der Waals surface area contributed by atoms with Crippen LogP contribution in [0.3, 0.4) is 0 Å². The molecule has 1 aromatic heterocycles. The topological polar surface area (TPSA) is 77.5 Å². The van der Waals surface area contributed by atoms with Crippen molar-refractivity contribution < 1.29 is 19.1 Å². The zero-order chi connectivity index (χ0) is 18.8. The molecule has 1 aliphatic rings. The average Bonchev–Trinajstić information content (AvgIpc) is 3.16. The van der Waals surface area contributed by atoms with Gasteiger partial charge in [0.2, 0.25) is 0 Å². The second-order valence-corrected chi connectivity index (χ2v) is 6.87. The maximum Gasteiger partial charge on any atom is 0.339 e. The van der Waals surface area contributed by atoms with E-state index < -0.39 is 12.1 Å². The van der Waals surface area contributed by atoms with Gasteiger partial charge in [0.15, 0.2) is 11.2 Å². The molecule has 2 heterocycles. The largest absolute Gasteiger partial charge is 0.497 e. The van der Waals surface area contributed by atoms with Crippen LogP contribution in [0, 0.1) is 0 Å². The van der Waals surface area contributed by atoms with Crippen molar-refractivity contribution in [1.29, 1.82) is 0 Å². The van der Waals surface area contributed by atoms with Crippen molar-refractivity contribution in [3.05, 3.63) is 65.0 Å². The maximum atomic E-state index is 12.5. The fraction of sp³-hybridized carbons (Fsp3) is 0.150. The lowest BCUT2D eigenvalue weighted by Crippen LogP contribution is -2.37. The predicted octanol–water partition coefficient (Wildman–Crippen LogP) is 3.54. The molecule has 4 rings (SSSR count). The molecule has 1 N–H and O–H groups in total. The van der Waals surface area contributed by atoms with E-state index in [0.717, 1.165) is 22.6 Å². The smallest absolute Gasteiger partial charge is 0.339 e. The van der Waals surface area contributed by atoms with Crippen molar-refractivity contribution in [2.75, 3.05) is 12.4 Å². The van der Waals surface area contributed by atoms with E-state index in [9.17, 15) is 9.59 Å². The summed E-state index contributed by atoms with van der Waals surface area (Å²) in [5.74, 6) is -0.0922. The summed E-state index contributed by atoms with van der Waals surface area (Å²) in [4.78, 5) is 29.0. The van der Waals surface area contributed by atoms with Gasteiger partial charge in [-0.2, -0.15) is 0 Å². The van der Waals surface area contributed by atoms with Crippen LogP contribution < -0.4 is 10.1 Å². The van der Waals surface area contributed by atoms with Crippen molar-refractivity contribution >= 4 is 28.3 Å². The number of thiazole rings is 1. The van der Waals surface area contributed by atoms with Crippen molar-refractivity contribution in [2.24, 2.45) is 0 Å². The SMILES string of the molecule is COc1ccc(-c2csc(NC(=O)C3Cc4ccccc4C(=O)O3)n2)cc1. The van der Waals surface area contributed by atoms with E-state index in [1.165, 1.54) is 11.3 Å². The van der Waals surface area contributed by atoms with E-state index in [1.807, 2.05) is 41.8 Å². The van der Waals surface area contributed by atoms with Crippen LogP contribution in [-0.2, 0) is 16.0 Å². The van der Waals surface area contributed by atoms with Crippen LogP contribution in [0.5, 0.6) is 5.75 Å². The fourth-order valence-electron chi connectivity index (χ4n) is 2.89. The van der Waals surface area contributed by atoms with Crippen LogP contribution in [0.2, 0.25) is 0 Å². The minimum absolute atomic E-state index is 0.352. The zero-order valence-electron chi connectivity index (χ0n) is 14.5. The number of anilines is 1. The standard InChI is InChI=1S/C20H16N2O4S/c1-25-14-8-6-12(7-9-14)16-11-27-20(21-16)22-18(23)17-10-13-4-2-3-5-15(13)19(24)26-17/h2-9,11,17H,10H2,1H3,(H,21,22,23). The number of aromatic nitrogens is 1. The molecule has 136 valence electrons. The Morgan fingerprint density at radius 1 is 1.22 bits per heavy atom. The van der Waals surface area contributed by atoms with Crippen molar-refractivity contribution in [1.82, 2.24) is 4.98 Å². The molecule has 0 aliphatic carbocycles. The minimum atomic E-state index is -0.860. The van der Waals surface area contributed by atoms with Gasteiger partial charge in [0.25, 0.3) is 5.91 Å². The number of ether oxygens (including phenoxy) is 2. The second kappa shape index (κ2) is 7.20. The van der Waals surface area contributed by atoms with Crippen LogP contribution in [0.25, 0.3) is 11.3 Å². The molecule has 6 nitrogen and oxygen atoms in total. The van der Waals surface area contributed by atoms with Gasteiger partial charge in [0, 0.05) is 17.4 Å². The van der Waals surface area contributed by atoms with Gasteiger partial charge >= 0.3 is 5.97 Å². The lowest BCUT2D eigenvalue weighted by atomic mass is 9.98. The van der Waals surface area contributed by atoms with Crippen LogP contribution in [0.15, 0.2) is 53.9 Å². The number of methoxy groups -OCH3 is 1. The van der Waals surface area contributed by atoms with Gasteiger partial charge in [-0.05, 0) is 35.9 Å². The Morgan fingerprint density at radius 2 is 2.00 bits per heavy atom. The van der Waals surface area contributed by atoms with E-state index in [4.69, 9.17) is 9.47 Å². The van der Waals surface area contributed by atoms with Crippen molar-refractivity contribution in [3.63, 3.8) is 0 Å². The van der Waals surface area contributed by atoms with E-state index in [0.29, 0.717) is 17.1 Å². The number of hydrogen-bond donors (Lipinski definition) is 1. The summed E-state index contributed by atoms with van der Waals surface area (Å²) in [5, 5.41) is 5.06. The number of fused-ring (bicyclic) bond motifs is 1. The molecule has 2 aromatic carbocycles. The molecule has 3 aromatic rings. The summed E-state index contributed by atoms with van der Waals surface area (Å²) < 4.78 is 10.4. The number of carbonyl (C=O) groups is 2. The second-order valence-electron chi connectivity index (χ2n) is 6.01. The van der Waals surface area contributed by atoms with Gasteiger partial charge in [-0.15, -0.1) is 11.3 Å². The van der Waals surface area contributed by atoms with Gasteiger partial charge in [-0.25, -0.2) is 9.78 Å². The predicted molar refractivity (Wildman–Crippen MR) is 102 cm³/mol. The summed E-state index contributed by atoms with van der Waals surface area (Å²) in [6, 6.07) is 14.7. The molecule has 0 spiro atoms. The third kappa shape index (κ3) is 3.54. The number of nitrogens with zero attached hydrogens (tertiary/aromatic N) is 1. The Balaban J connectivity index is 1.46. The molecule has 1 atom stereocenters. The third-order valence-electron chi connectivity index (χ3n) is 4.30. The number of nitrogens with one attached hydrogen (secondary N) is 1. The van der Waals surface area contributed by atoms with E-state index in [2.05, 4.69) is 10.3 Å². The van der Waals surface area contributed by atoms with Gasteiger partial charge < -0.3 is 9.47 Å². The maximum absolute atomic E-state index is 12.5. The Hall–Kier alpha value is -3.19. The number of hydrogen-bond acceptors (Lipinski definition) is 6. The first-order chi connectivity index (χ1) is 13.1. The molecule has 0 bridgehead atoms. The molecule has 0 radical (unpaired) electrons. The number of amides is 1. The van der Waals surface area contributed by atoms with E-state index >= 15 is 0 Å². The lowest BCUT2D eigenvalue weighted by Gasteiger charge is -2.23. The molecule has 1 amide bonds. The number of esters is 1. The van der Waals surface area contributed by atoms with Gasteiger partial charge in [-0.1, -0.05) is 18.2 Å². The fourth-order valence-corrected chi connectivity index (χ4v) is 3.61. The quantitative estimate of drug-likeness (QED) is 0.701. The van der Waals surface area contributed by atoms with Gasteiger partial charge in [-0.3, -0.25) is 10.1 Å². The third-order valence-corrected chi connectivity index (χ3v) is 5.06. The van der Waals surface area contributed by atoms with Crippen LogP contribution >= 0.6 is 11.3 Å². The Bertz CT molecular complexity index is 997. The molecular weight excluding hydrogens is 364 g/mol. The monoisotopic (exact) mass is 380 g/mol. The summed E-state index contributed by atoms with van der Waals surface area (Å²) in [7, 11) is 1.61. The molecular formula is C20H16N2O4S. The lowest BCUT2D eigenvalue weighted by molar-refractivity contribution is -0.125. The highest BCUT2D eigenvalue weighted by Gasteiger charge is 2.31. The highest BCUT2D eigenvalue weighted by molar-refractivity contribution is 7.14. The highest BCUT2D eigenvalue weighted by atomic mass is 32.1. The first-order valence-corrected chi connectivity index (χ1v) is 9.22. The van der Waals surface area contributed by atoms with Gasteiger partial charge in [0.1, 0.15) is 5.75 Å². The Kier molecular flexibility index (Phi) is 4.60.